The van der Waals surface area contributed by atoms with E-state index in [0.717, 1.165) is 12.1 Å². The molecule has 1 aliphatic carbocycles. The molecule has 1 aromatic carbocycles. The molecule has 0 aromatic heterocycles. The highest BCUT2D eigenvalue weighted by molar-refractivity contribution is 5.98. The molecule has 0 saturated heterocycles. The van der Waals surface area contributed by atoms with Crippen LogP contribution in [0.3, 0.4) is 0 Å². The van der Waals surface area contributed by atoms with Crippen LogP contribution in [0.1, 0.15) is 47.0 Å². The number of hydrogen-bond donors (Lipinski definition) is 3. The largest absolute Gasteiger partial charge is 0.479 e. The zero-order chi connectivity index (χ0) is 18.8. The molecule has 2 aliphatic rings. The second-order valence-corrected chi connectivity index (χ2v) is 7.71. The molecule has 1 aliphatic heterocycles. The van der Waals surface area contributed by atoms with E-state index in [2.05, 4.69) is 29.8 Å². The van der Waals surface area contributed by atoms with E-state index in [0.29, 0.717) is 23.3 Å². The van der Waals surface area contributed by atoms with Gasteiger partial charge < -0.3 is 20.7 Å². The lowest BCUT2D eigenvalue weighted by molar-refractivity contribution is -0.123. The highest BCUT2D eigenvalue weighted by Gasteiger charge is 2.29. The lowest BCUT2D eigenvalue weighted by Crippen LogP contribution is -2.48. The Kier molecular flexibility index (Phi) is 5.39. The SMILES string of the molecule is C[C@H]1[C@H](C)CCC[C@H]1NC(=O)[C@H](C)Nc1ccc2c(c1)NC(=O)[C@H](C)O2. The Bertz CT molecular complexity index is 691. The Morgan fingerprint density at radius 3 is 2.81 bits per heavy atom. The Labute approximate surface area is 155 Å². The highest BCUT2D eigenvalue weighted by Crippen LogP contribution is 2.32. The zero-order valence-corrected chi connectivity index (χ0v) is 16.0. The Morgan fingerprint density at radius 1 is 1.27 bits per heavy atom. The first-order chi connectivity index (χ1) is 12.3. The summed E-state index contributed by atoms with van der Waals surface area (Å²) in [6, 6.07) is 5.35. The minimum Gasteiger partial charge on any atom is -0.479 e. The Morgan fingerprint density at radius 2 is 2.04 bits per heavy atom. The van der Waals surface area contributed by atoms with Crippen LogP contribution in [0, 0.1) is 11.8 Å². The molecule has 1 saturated carbocycles. The molecule has 26 heavy (non-hydrogen) atoms. The molecule has 0 unspecified atom stereocenters. The van der Waals surface area contributed by atoms with Gasteiger partial charge in [0.05, 0.1) is 5.69 Å². The third-order valence-electron chi connectivity index (χ3n) is 5.72. The second kappa shape index (κ2) is 7.56. The van der Waals surface area contributed by atoms with Crippen LogP contribution in [0.4, 0.5) is 11.4 Å². The smallest absolute Gasteiger partial charge is 0.265 e. The molecule has 6 heteroatoms. The maximum Gasteiger partial charge on any atom is 0.265 e. The molecule has 1 heterocycles. The zero-order valence-electron chi connectivity index (χ0n) is 16.0. The summed E-state index contributed by atoms with van der Waals surface area (Å²) in [5.74, 6) is 1.62. The summed E-state index contributed by atoms with van der Waals surface area (Å²) in [5.41, 5.74) is 1.40. The number of amides is 2. The maximum absolute atomic E-state index is 12.6. The first-order valence-electron chi connectivity index (χ1n) is 9.53. The van der Waals surface area contributed by atoms with Gasteiger partial charge in [-0.15, -0.1) is 0 Å². The molecular weight excluding hydrogens is 330 g/mol. The van der Waals surface area contributed by atoms with E-state index in [-0.39, 0.29) is 23.9 Å². The van der Waals surface area contributed by atoms with Crippen molar-refractivity contribution in [2.24, 2.45) is 11.8 Å². The van der Waals surface area contributed by atoms with Gasteiger partial charge in [0, 0.05) is 11.7 Å². The number of rotatable bonds is 4. The number of fused-ring (bicyclic) bond motifs is 1. The van der Waals surface area contributed by atoms with Crippen LogP contribution >= 0.6 is 0 Å². The van der Waals surface area contributed by atoms with Crippen molar-refractivity contribution in [2.45, 2.75) is 65.1 Å². The van der Waals surface area contributed by atoms with Crippen LogP contribution < -0.4 is 20.7 Å². The average molecular weight is 359 g/mol. The highest BCUT2D eigenvalue weighted by atomic mass is 16.5. The lowest BCUT2D eigenvalue weighted by atomic mass is 9.78. The number of carbonyl (C=O) groups excluding carboxylic acids is 2. The second-order valence-electron chi connectivity index (χ2n) is 7.71. The van der Waals surface area contributed by atoms with Crippen molar-refractivity contribution >= 4 is 23.2 Å². The van der Waals surface area contributed by atoms with Crippen LogP contribution in [0.15, 0.2) is 18.2 Å². The summed E-state index contributed by atoms with van der Waals surface area (Å²) >= 11 is 0. The summed E-state index contributed by atoms with van der Waals surface area (Å²) < 4.78 is 5.55. The molecule has 6 nitrogen and oxygen atoms in total. The summed E-state index contributed by atoms with van der Waals surface area (Å²) in [6.07, 6.45) is 2.96. The molecule has 1 fully saturated rings. The summed E-state index contributed by atoms with van der Waals surface area (Å²) in [6.45, 7) is 8.04. The number of hydrogen-bond acceptors (Lipinski definition) is 4. The van der Waals surface area contributed by atoms with E-state index in [1.807, 2.05) is 19.1 Å². The fourth-order valence-electron chi connectivity index (χ4n) is 3.71. The van der Waals surface area contributed by atoms with Crippen LogP contribution in [0.2, 0.25) is 0 Å². The van der Waals surface area contributed by atoms with Gasteiger partial charge >= 0.3 is 0 Å². The van der Waals surface area contributed by atoms with Crippen molar-refractivity contribution in [3.63, 3.8) is 0 Å². The molecule has 142 valence electrons. The molecule has 0 radical (unpaired) electrons. The van der Waals surface area contributed by atoms with E-state index >= 15 is 0 Å². The third-order valence-corrected chi connectivity index (χ3v) is 5.72. The van der Waals surface area contributed by atoms with E-state index in [4.69, 9.17) is 4.74 Å². The van der Waals surface area contributed by atoms with Crippen LogP contribution in [0.5, 0.6) is 5.75 Å². The van der Waals surface area contributed by atoms with Crippen molar-refractivity contribution in [1.29, 1.82) is 0 Å². The minimum absolute atomic E-state index is 0.00239. The number of anilines is 2. The van der Waals surface area contributed by atoms with Crippen molar-refractivity contribution in [3.05, 3.63) is 18.2 Å². The van der Waals surface area contributed by atoms with Gasteiger partial charge in [0.15, 0.2) is 6.10 Å². The average Bonchev–Trinajstić information content (AvgIpc) is 2.60. The standard InChI is InChI=1S/C20H29N3O3/c1-11-6-5-7-16(12(11)2)22-19(24)13(3)21-15-8-9-18-17(10-15)23-20(25)14(4)26-18/h8-14,16,21H,5-7H2,1-4H3,(H,22,24)(H,23,25)/t11-,12+,13+,14+,16-/m1/s1. The first-order valence-corrected chi connectivity index (χ1v) is 9.53. The van der Waals surface area contributed by atoms with Gasteiger partial charge in [-0.2, -0.15) is 0 Å². The minimum atomic E-state index is -0.495. The Balaban J connectivity index is 1.61. The van der Waals surface area contributed by atoms with Gasteiger partial charge in [-0.05, 0) is 50.3 Å². The number of ether oxygens (including phenoxy) is 1. The lowest BCUT2D eigenvalue weighted by Gasteiger charge is -2.35. The quantitative estimate of drug-likeness (QED) is 0.772. The fourth-order valence-corrected chi connectivity index (χ4v) is 3.71. The first kappa shape index (κ1) is 18.5. The molecule has 2 amide bonds. The molecular formula is C20H29N3O3. The van der Waals surface area contributed by atoms with Gasteiger partial charge in [0.1, 0.15) is 11.8 Å². The Hall–Kier alpha value is -2.24. The maximum atomic E-state index is 12.6. The summed E-state index contributed by atoms with van der Waals surface area (Å²) in [4.78, 5) is 24.3. The monoisotopic (exact) mass is 359 g/mol. The molecule has 0 bridgehead atoms. The van der Waals surface area contributed by atoms with Crippen molar-refractivity contribution in [2.75, 3.05) is 10.6 Å². The predicted octanol–water partition coefficient (Wildman–Crippen LogP) is 3.15. The van der Waals surface area contributed by atoms with E-state index in [1.165, 1.54) is 12.8 Å². The molecule has 5 atom stereocenters. The number of benzene rings is 1. The topological polar surface area (TPSA) is 79.5 Å². The molecule has 1 aromatic rings. The summed E-state index contributed by atoms with van der Waals surface area (Å²) in [5, 5.41) is 9.24. The van der Waals surface area contributed by atoms with Gasteiger partial charge in [-0.1, -0.05) is 26.7 Å². The van der Waals surface area contributed by atoms with Crippen LogP contribution in [0.25, 0.3) is 0 Å². The van der Waals surface area contributed by atoms with Gasteiger partial charge in [-0.3, -0.25) is 9.59 Å². The van der Waals surface area contributed by atoms with Crippen molar-refractivity contribution < 1.29 is 14.3 Å². The molecule has 0 spiro atoms. The van der Waals surface area contributed by atoms with E-state index < -0.39 is 6.10 Å². The number of carbonyl (C=O) groups is 2. The van der Waals surface area contributed by atoms with Gasteiger partial charge in [0.25, 0.3) is 5.91 Å². The van der Waals surface area contributed by atoms with Crippen LogP contribution in [-0.2, 0) is 9.59 Å². The van der Waals surface area contributed by atoms with Crippen molar-refractivity contribution in [1.82, 2.24) is 5.32 Å². The summed E-state index contributed by atoms with van der Waals surface area (Å²) in [7, 11) is 0. The van der Waals surface area contributed by atoms with Crippen molar-refractivity contribution in [3.8, 4) is 5.75 Å². The predicted molar refractivity (Wildman–Crippen MR) is 102 cm³/mol. The van der Waals surface area contributed by atoms with Gasteiger partial charge in [-0.25, -0.2) is 0 Å². The normalized spacial score (nSPS) is 29.0. The molecule has 3 N–H and O–H groups in total. The fraction of sp³-hybridized carbons (Fsp3) is 0.600. The number of nitrogens with one attached hydrogen (secondary N) is 3. The van der Waals surface area contributed by atoms with E-state index in [9.17, 15) is 9.59 Å². The van der Waals surface area contributed by atoms with Gasteiger partial charge in [0.2, 0.25) is 5.91 Å². The van der Waals surface area contributed by atoms with Crippen LogP contribution in [-0.4, -0.2) is 30.0 Å². The molecule has 3 rings (SSSR count). The van der Waals surface area contributed by atoms with E-state index in [1.54, 1.807) is 13.0 Å². The third kappa shape index (κ3) is 3.94.